The van der Waals surface area contributed by atoms with Crippen molar-refractivity contribution in [3.05, 3.63) is 198 Å². The molecule has 1 spiro atoms. The average Bonchev–Trinajstić information content (AvgIpc) is 3.49. The lowest BCUT2D eigenvalue weighted by Gasteiger charge is -2.39. The second-order valence-corrected chi connectivity index (χ2v) is 12.8. The molecule has 0 bridgehead atoms. The number of hydrogen-bond donors (Lipinski definition) is 0. The van der Waals surface area contributed by atoms with Crippen LogP contribution in [0.4, 0.5) is 0 Å². The molecule has 234 valence electrons. The third kappa shape index (κ3) is 4.28. The Balaban J connectivity index is 1.12. The Kier molecular flexibility index (Phi) is 6.36. The van der Waals surface area contributed by atoms with Crippen LogP contribution >= 0.6 is 0 Å². The number of nitrogens with zero attached hydrogens (tertiary/aromatic N) is 3. The van der Waals surface area contributed by atoms with Gasteiger partial charge in [0, 0.05) is 27.8 Å². The summed E-state index contributed by atoms with van der Waals surface area (Å²) in [6, 6.07) is 61.1. The van der Waals surface area contributed by atoms with Crippen LogP contribution in [0, 0.1) is 0 Å². The highest BCUT2D eigenvalue weighted by molar-refractivity contribution is 5.89. The number of fused-ring (bicyclic) bond motifs is 9. The number of hydrogen-bond acceptors (Lipinski definition) is 4. The molecule has 50 heavy (non-hydrogen) atoms. The molecule has 0 radical (unpaired) electrons. The Bertz CT molecular complexity index is 2480. The Hall–Kier alpha value is -6.65. The fourth-order valence-electron chi connectivity index (χ4n) is 7.82. The maximum atomic E-state index is 6.75. The fraction of sp³-hybridized carbons (Fsp3) is 0.0217. The molecule has 0 fully saturated rings. The average molecular weight is 640 g/mol. The molecule has 4 nitrogen and oxygen atoms in total. The molecule has 2 aromatic heterocycles. The van der Waals surface area contributed by atoms with Crippen LogP contribution in [0.2, 0.25) is 0 Å². The van der Waals surface area contributed by atoms with Gasteiger partial charge < -0.3 is 4.74 Å². The highest BCUT2D eigenvalue weighted by Gasteiger charge is 2.50. The summed E-state index contributed by atoms with van der Waals surface area (Å²) < 4.78 is 6.75. The number of aromatic nitrogens is 3. The Morgan fingerprint density at radius 3 is 1.54 bits per heavy atom. The fourth-order valence-corrected chi connectivity index (χ4v) is 7.82. The summed E-state index contributed by atoms with van der Waals surface area (Å²) in [5.74, 6) is 2.27. The summed E-state index contributed by atoms with van der Waals surface area (Å²) in [7, 11) is 0. The van der Waals surface area contributed by atoms with Gasteiger partial charge >= 0.3 is 0 Å². The van der Waals surface area contributed by atoms with Crippen molar-refractivity contribution in [2.75, 3.05) is 0 Å². The van der Waals surface area contributed by atoms with Crippen molar-refractivity contribution in [2.45, 2.75) is 5.41 Å². The normalized spacial score (nSPS) is 13.1. The minimum atomic E-state index is -0.495. The highest BCUT2D eigenvalue weighted by atomic mass is 16.5. The van der Waals surface area contributed by atoms with E-state index in [-0.39, 0.29) is 0 Å². The summed E-state index contributed by atoms with van der Waals surface area (Å²) in [6.45, 7) is 0. The predicted molar refractivity (Wildman–Crippen MR) is 199 cm³/mol. The van der Waals surface area contributed by atoms with Crippen LogP contribution in [-0.4, -0.2) is 15.0 Å². The molecule has 0 atom stereocenters. The van der Waals surface area contributed by atoms with E-state index in [9.17, 15) is 0 Å². The minimum absolute atomic E-state index is 0.495. The lowest BCUT2D eigenvalue weighted by atomic mass is 9.66. The molecule has 3 heterocycles. The van der Waals surface area contributed by atoms with Crippen molar-refractivity contribution >= 4 is 0 Å². The van der Waals surface area contributed by atoms with Gasteiger partial charge in [0.1, 0.15) is 17.2 Å². The molecular formula is C46H29N3O. The van der Waals surface area contributed by atoms with Gasteiger partial charge in [-0.15, -0.1) is 0 Å². The summed E-state index contributed by atoms with van der Waals surface area (Å²) in [4.78, 5) is 15.2. The monoisotopic (exact) mass is 639 g/mol. The van der Waals surface area contributed by atoms with E-state index in [0.717, 1.165) is 56.4 Å². The quantitative estimate of drug-likeness (QED) is 0.192. The van der Waals surface area contributed by atoms with E-state index in [2.05, 4.69) is 109 Å². The first-order chi connectivity index (χ1) is 24.8. The maximum absolute atomic E-state index is 6.75. The molecular weight excluding hydrogens is 611 g/mol. The first-order valence-corrected chi connectivity index (χ1v) is 16.9. The number of ether oxygens (including phenoxy) is 1. The zero-order valence-electron chi connectivity index (χ0n) is 27.0. The largest absolute Gasteiger partial charge is 0.457 e. The lowest BCUT2D eigenvalue weighted by molar-refractivity contribution is 0.436. The summed E-state index contributed by atoms with van der Waals surface area (Å²) >= 11 is 0. The van der Waals surface area contributed by atoms with Crippen molar-refractivity contribution in [3.63, 3.8) is 0 Å². The third-order valence-corrected chi connectivity index (χ3v) is 9.99. The van der Waals surface area contributed by atoms with Gasteiger partial charge in [-0.1, -0.05) is 146 Å². The van der Waals surface area contributed by atoms with Crippen LogP contribution < -0.4 is 4.74 Å². The van der Waals surface area contributed by atoms with Crippen molar-refractivity contribution < 1.29 is 4.74 Å². The van der Waals surface area contributed by atoms with Crippen LogP contribution in [0.3, 0.4) is 0 Å². The first-order valence-electron chi connectivity index (χ1n) is 16.9. The van der Waals surface area contributed by atoms with Crippen molar-refractivity contribution in [1.29, 1.82) is 0 Å². The molecule has 8 aromatic rings. The molecule has 6 aromatic carbocycles. The molecule has 0 N–H and O–H groups in total. The molecule has 2 aliphatic rings. The third-order valence-electron chi connectivity index (χ3n) is 9.99. The standard InChI is InChI=1S/C46H29N3O/c1-3-14-30(15-4-1)41-29-42(31-16-5-2-6-17-31)49-45(48-41)40-24-13-23-39(47-40)32-26-27-38-44(28-32)50-43-25-12-11-22-37(43)46(38)35-20-9-7-18-33(35)34-19-8-10-21-36(34)46/h1-29H. The Morgan fingerprint density at radius 1 is 0.340 bits per heavy atom. The number of benzene rings is 6. The summed E-state index contributed by atoms with van der Waals surface area (Å²) in [5.41, 5.74) is 13.1. The first kappa shape index (κ1) is 28.4. The van der Waals surface area contributed by atoms with Gasteiger partial charge in [-0.25, -0.2) is 15.0 Å². The molecule has 0 unspecified atom stereocenters. The van der Waals surface area contributed by atoms with Gasteiger partial charge in [-0.3, -0.25) is 0 Å². The van der Waals surface area contributed by atoms with Crippen LogP contribution in [0.25, 0.3) is 56.4 Å². The minimum Gasteiger partial charge on any atom is -0.457 e. The molecule has 0 saturated carbocycles. The lowest BCUT2D eigenvalue weighted by Crippen LogP contribution is -2.32. The van der Waals surface area contributed by atoms with Crippen molar-refractivity contribution in [3.8, 4) is 67.9 Å². The topological polar surface area (TPSA) is 47.9 Å². The Labute approximate surface area is 290 Å². The van der Waals surface area contributed by atoms with Crippen molar-refractivity contribution in [1.82, 2.24) is 15.0 Å². The summed E-state index contributed by atoms with van der Waals surface area (Å²) in [5, 5.41) is 0. The van der Waals surface area contributed by atoms with Gasteiger partial charge in [0.25, 0.3) is 0 Å². The smallest absolute Gasteiger partial charge is 0.179 e. The molecule has 0 saturated heterocycles. The van der Waals surface area contributed by atoms with E-state index in [4.69, 9.17) is 19.7 Å². The number of para-hydroxylation sites is 1. The van der Waals surface area contributed by atoms with Crippen LogP contribution in [0.1, 0.15) is 22.3 Å². The SMILES string of the molecule is c1ccc(-c2cc(-c3ccccc3)nc(-c3cccc(-c4ccc5c(c4)Oc4ccccc4C54c5ccccc5-c5ccccc54)n3)n2)cc1. The van der Waals surface area contributed by atoms with Crippen LogP contribution in [-0.2, 0) is 5.41 Å². The zero-order chi connectivity index (χ0) is 33.1. The van der Waals surface area contributed by atoms with Crippen LogP contribution in [0.5, 0.6) is 11.5 Å². The van der Waals surface area contributed by atoms with E-state index >= 15 is 0 Å². The van der Waals surface area contributed by atoms with Gasteiger partial charge in [-0.05, 0) is 52.6 Å². The number of pyridine rings is 1. The van der Waals surface area contributed by atoms with Gasteiger partial charge in [0.2, 0.25) is 0 Å². The van der Waals surface area contributed by atoms with Crippen LogP contribution in [0.15, 0.2) is 176 Å². The van der Waals surface area contributed by atoms with E-state index < -0.39 is 5.41 Å². The predicted octanol–water partition coefficient (Wildman–Crippen LogP) is 11.0. The molecule has 0 amide bonds. The highest BCUT2D eigenvalue weighted by Crippen LogP contribution is 2.62. The van der Waals surface area contributed by atoms with E-state index in [1.54, 1.807) is 0 Å². The van der Waals surface area contributed by atoms with E-state index in [1.807, 2.05) is 66.7 Å². The second-order valence-electron chi connectivity index (χ2n) is 12.8. The maximum Gasteiger partial charge on any atom is 0.179 e. The zero-order valence-corrected chi connectivity index (χ0v) is 27.0. The van der Waals surface area contributed by atoms with Gasteiger partial charge in [0.15, 0.2) is 5.82 Å². The molecule has 1 aliphatic carbocycles. The van der Waals surface area contributed by atoms with Crippen molar-refractivity contribution in [2.24, 2.45) is 0 Å². The molecule has 1 aliphatic heterocycles. The number of rotatable bonds is 4. The van der Waals surface area contributed by atoms with Gasteiger partial charge in [-0.2, -0.15) is 0 Å². The Morgan fingerprint density at radius 2 is 0.880 bits per heavy atom. The molecule has 10 rings (SSSR count). The van der Waals surface area contributed by atoms with Gasteiger partial charge in [0.05, 0.1) is 22.5 Å². The molecule has 4 heteroatoms. The van der Waals surface area contributed by atoms with E-state index in [1.165, 1.54) is 22.3 Å². The second kappa shape index (κ2) is 11.2. The summed E-state index contributed by atoms with van der Waals surface area (Å²) in [6.07, 6.45) is 0. The van der Waals surface area contributed by atoms with E-state index in [0.29, 0.717) is 11.5 Å².